The number of aromatic nitrogens is 1. The minimum Gasteiger partial charge on any atom is -0.495 e. The number of hydrogen-bond acceptors (Lipinski definition) is 6. The third-order valence-electron chi connectivity index (χ3n) is 8.69. The Morgan fingerprint density at radius 3 is 2.45 bits per heavy atom. The molecule has 2 heterocycles. The summed E-state index contributed by atoms with van der Waals surface area (Å²) in [6.45, 7) is 6.29. The fraction of sp³-hybridized carbons (Fsp3) is 0.500. The Morgan fingerprint density at radius 1 is 1.02 bits per heavy atom. The maximum absolute atomic E-state index is 13.7. The number of rotatable bonds is 8. The van der Waals surface area contributed by atoms with Gasteiger partial charge in [-0.3, -0.25) is 4.90 Å². The third kappa shape index (κ3) is 7.43. The molecule has 1 aliphatic heterocycles. The van der Waals surface area contributed by atoms with Gasteiger partial charge >= 0.3 is 6.18 Å². The lowest BCUT2D eigenvalue weighted by atomic mass is 9.86. The molecule has 10 heteroatoms. The first-order chi connectivity index (χ1) is 21.1. The van der Waals surface area contributed by atoms with Crippen molar-refractivity contribution in [3.05, 3.63) is 53.7 Å². The Balaban J connectivity index is 1.32. The van der Waals surface area contributed by atoms with Gasteiger partial charge in [-0.2, -0.15) is 18.4 Å². The molecule has 234 valence electrons. The minimum atomic E-state index is -4.39. The van der Waals surface area contributed by atoms with Crippen LogP contribution in [0.2, 0.25) is 0 Å². The highest BCUT2D eigenvalue weighted by Crippen LogP contribution is 2.34. The van der Waals surface area contributed by atoms with Crippen LogP contribution in [0.5, 0.6) is 5.75 Å². The van der Waals surface area contributed by atoms with E-state index < -0.39 is 18.1 Å². The lowest BCUT2D eigenvalue weighted by Crippen LogP contribution is -2.46. The van der Waals surface area contributed by atoms with E-state index in [-0.39, 0.29) is 12.6 Å². The molecule has 2 aromatic carbocycles. The molecule has 0 amide bonds. The van der Waals surface area contributed by atoms with Crippen LogP contribution in [0.4, 0.5) is 24.5 Å². The van der Waals surface area contributed by atoms with Gasteiger partial charge in [-0.15, -0.1) is 0 Å². The van der Waals surface area contributed by atoms with E-state index in [2.05, 4.69) is 33.4 Å². The van der Waals surface area contributed by atoms with Crippen LogP contribution in [0.25, 0.3) is 10.9 Å². The summed E-state index contributed by atoms with van der Waals surface area (Å²) in [7, 11) is 1.55. The van der Waals surface area contributed by atoms with Gasteiger partial charge in [-0.05, 0) is 81.3 Å². The first kappa shape index (κ1) is 31.6. The molecule has 1 saturated heterocycles. The van der Waals surface area contributed by atoms with E-state index in [0.717, 1.165) is 68.6 Å². The van der Waals surface area contributed by atoms with E-state index in [1.165, 1.54) is 4.57 Å². The SMILES string of the molecule is COc1cc(C(C)(C)C#N)ccc1NCC#Cc1cc2c(N[C@H]3CC[C@@H](N4CCOCC4)CC3)cccc2n1CC(F)(F)F. The maximum Gasteiger partial charge on any atom is 0.406 e. The van der Waals surface area contributed by atoms with Gasteiger partial charge in [0.15, 0.2) is 0 Å². The van der Waals surface area contributed by atoms with Crippen molar-refractivity contribution in [2.75, 3.05) is 50.6 Å². The molecule has 3 aromatic rings. The van der Waals surface area contributed by atoms with Crippen molar-refractivity contribution < 1.29 is 22.6 Å². The summed E-state index contributed by atoms with van der Waals surface area (Å²) >= 11 is 0. The van der Waals surface area contributed by atoms with Crippen molar-refractivity contribution in [2.45, 2.75) is 69.8 Å². The minimum absolute atomic E-state index is 0.197. The van der Waals surface area contributed by atoms with Crippen molar-refractivity contribution in [1.29, 1.82) is 5.26 Å². The van der Waals surface area contributed by atoms with Crippen LogP contribution in [0, 0.1) is 23.2 Å². The van der Waals surface area contributed by atoms with Gasteiger partial charge in [0.05, 0.1) is 55.3 Å². The largest absolute Gasteiger partial charge is 0.495 e. The molecule has 1 aromatic heterocycles. The predicted molar refractivity (Wildman–Crippen MR) is 167 cm³/mol. The quantitative estimate of drug-likeness (QED) is 0.284. The molecule has 0 radical (unpaired) electrons. The van der Waals surface area contributed by atoms with Gasteiger partial charge in [0, 0.05) is 36.2 Å². The summed E-state index contributed by atoms with van der Waals surface area (Å²) in [5.41, 5.74) is 2.48. The first-order valence-corrected chi connectivity index (χ1v) is 15.2. The zero-order valence-corrected chi connectivity index (χ0v) is 25.6. The van der Waals surface area contributed by atoms with E-state index in [1.54, 1.807) is 25.3 Å². The van der Waals surface area contributed by atoms with Crippen molar-refractivity contribution in [1.82, 2.24) is 9.47 Å². The van der Waals surface area contributed by atoms with Gasteiger partial charge in [-0.1, -0.05) is 18.1 Å². The molecule has 0 atom stereocenters. The van der Waals surface area contributed by atoms with Crippen LogP contribution in [0.15, 0.2) is 42.5 Å². The zero-order valence-electron chi connectivity index (χ0n) is 25.6. The number of fused-ring (bicyclic) bond motifs is 1. The highest BCUT2D eigenvalue weighted by molar-refractivity contribution is 5.94. The number of halogens is 3. The third-order valence-corrected chi connectivity index (χ3v) is 8.69. The van der Waals surface area contributed by atoms with Crippen molar-refractivity contribution in [3.63, 3.8) is 0 Å². The van der Waals surface area contributed by atoms with E-state index in [1.807, 2.05) is 38.1 Å². The molecule has 1 saturated carbocycles. The van der Waals surface area contributed by atoms with Gasteiger partial charge in [0.1, 0.15) is 12.3 Å². The van der Waals surface area contributed by atoms with Gasteiger partial charge in [-0.25, -0.2) is 0 Å². The fourth-order valence-corrected chi connectivity index (χ4v) is 6.18. The van der Waals surface area contributed by atoms with Crippen molar-refractivity contribution in [3.8, 4) is 23.7 Å². The molecular weight excluding hydrogens is 567 g/mol. The van der Waals surface area contributed by atoms with Crippen molar-refractivity contribution in [2.24, 2.45) is 0 Å². The Labute approximate surface area is 257 Å². The number of nitrogens with one attached hydrogen (secondary N) is 2. The Bertz CT molecular complexity index is 1550. The molecule has 44 heavy (non-hydrogen) atoms. The number of nitriles is 1. The summed E-state index contributed by atoms with van der Waals surface area (Å²) in [5.74, 6) is 6.53. The number of morpholine rings is 1. The Morgan fingerprint density at radius 2 is 1.77 bits per heavy atom. The molecule has 2 aliphatic rings. The summed E-state index contributed by atoms with van der Waals surface area (Å²) < 4.78 is 53.3. The lowest BCUT2D eigenvalue weighted by molar-refractivity contribution is -0.140. The fourth-order valence-electron chi connectivity index (χ4n) is 6.18. The average Bonchev–Trinajstić information content (AvgIpc) is 3.36. The molecule has 2 N–H and O–H groups in total. The van der Waals surface area contributed by atoms with Gasteiger partial charge < -0.3 is 24.7 Å². The zero-order chi connectivity index (χ0) is 31.3. The average molecular weight is 608 g/mol. The van der Waals surface area contributed by atoms with E-state index in [0.29, 0.717) is 28.7 Å². The first-order valence-electron chi connectivity index (χ1n) is 15.2. The molecule has 5 rings (SSSR count). The van der Waals surface area contributed by atoms with E-state index in [9.17, 15) is 18.4 Å². The Kier molecular flexibility index (Phi) is 9.62. The molecule has 0 unspecified atom stereocenters. The maximum atomic E-state index is 13.7. The summed E-state index contributed by atoms with van der Waals surface area (Å²) in [6, 6.07) is 15.8. The summed E-state index contributed by atoms with van der Waals surface area (Å²) in [4.78, 5) is 2.53. The van der Waals surface area contributed by atoms with Crippen LogP contribution in [-0.2, 0) is 16.7 Å². The second kappa shape index (κ2) is 13.4. The van der Waals surface area contributed by atoms with E-state index in [4.69, 9.17) is 9.47 Å². The highest BCUT2D eigenvalue weighted by Gasteiger charge is 2.31. The number of ether oxygens (including phenoxy) is 2. The molecule has 0 spiro atoms. The molecule has 1 aliphatic carbocycles. The number of nitrogens with zero attached hydrogens (tertiary/aromatic N) is 3. The summed E-state index contributed by atoms with van der Waals surface area (Å²) in [5, 5.41) is 17.0. The number of benzene rings is 2. The Hall–Kier alpha value is -3.86. The smallest absolute Gasteiger partial charge is 0.406 e. The molecular formula is C34H40F3N5O2. The molecule has 0 bridgehead atoms. The number of methoxy groups -OCH3 is 1. The van der Waals surface area contributed by atoms with Crippen LogP contribution in [0.3, 0.4) is 0 Å². The lowest BCUT2D eigenvalue weighted by Gasteiger charge is -2.39. The second-order valence-electron chi connectivity index (χ2n) is 12.1. The summed E-state index contributed by atoms with van der Waals surface area (Å²) in [6.07, 6.45) is -0.183. The van der Waals surface area contributed by atoms with Gasteiger partial charge in [0.25, 0.3) is 0 Å². The standard InChI is InChI=1S/C34H40F3N5O2/c1-33(2,22-38)24-9-14-30(32(20-24)43-3)39-15-5-6-27-21-28-29(7-4-8-31(28)42(27)23-34(35,36)37)40-25-10-12-26(13-11-25)41-16-18-44-19-17-41/h4,7-9,14,20-21,25-26,39-40H,10-13,15-19,23H2,1-3H3/t25-,26+. The van der Waals surface area contributed by atoms with Crippen LogP contribution >= 0.6 is 0 Å². The van der Waals surface area contributed by atoms with E-state index >= 15 is 0 Å². The number of alkyl halides is 3. The van der Waals surface area contributed by atoms with Gasteiger partial charge in [0.2, 0.25) is 0 Å². The van der Waals surface area contributed by atoms with Crippen LogP contribution < -0.4 is 15.4 Å². The molecule has 2 fully saturated rings. The number of anilines is 2. The normalized spacial score (nSPS) is 19.6. The predicted octanol–water partition coefficient (Wildman–Crippen LogP) is 6.53. The van der Waals surface area contributed by atoms with Crippen LogP contribution in [-0.4, -0.2) is 67.7 Å². The highest BCUT2D eigenvalue weighted by atomic mass is 19.4. The topological polar surface area (TPSA) is 74.5 Å². The second-order valence-corrected chi connectivity index (χ2v) is 12.1. The van der Waals surface area contributed by atoms with Crippen LogP contribution in [0.1, 0.15) is 50.8 Å². The molecule has 7 nitrogen and oxygen atoms in total. The van der Waals surface area contributed by atoms with Crippen molar-refractivity contribution >= 4 is 22.3 Å². The number of hydrogen-bond donors (Lipinski definition) is 2. The monoisotopic (exact) mass is 607 g/mol.